The number of rotatable bonds is 37. The summed E-state index contributed by atoms with van der Waals surface area (Å²) in [5.41, 5.74) is 3.03. The highest BCUT2D eigenvalue weighted by atomic mass is 32.2. The molecular weight excluding hydrogens is 717 g/mol. The summed E-state index contributed by atoms with van der Waals surface area (Å²) in [6.07, 6.45) is 43.0. The summed E-state index contributed by atoms with van der Waals surface area (Å²) in [6, 6.07) is 12.3. The quantitative estimate of drug-likeness (QED) is 0.0503. The van der Waals surface area contributed by atoms with Crippen molar-refractivity contribution in [2.24, 2.45) is 5.92 Å². The first-order valence-electron chi connectivity index (χ1n) is 24.5. The zero-order valence-electron chi connectivity index (χ0n) is 37.6. The molecule has 57 heavy (non-hydrogen) atoms. The number of ether oxygens (including phenoxy) is 2. The summed E-state index contributed by atoms with van der Waals surface area (Å²) in [7, 11) is 0. The van der Waals surface area contributed by atoms with Gasteiger partial charge in [-0.05, 0) is 67.5 Å². The maximum atomic E-state index is 13.4. The lowest BCUT2D eigenvalue weighted by Crippen LogP contribution is -2.06. The van der Waals surface area contributed by atoms with E-state index in [-0.39, 0.29) is 5.78 Å². The largest absolute Gasteiger partial charge is 0.493 e. The smallest absolute Gasteiger partial charge is 0.200 e. The molecule has 0 bridgehead atoms. The van der Waals surface area contributed by atoms with Gasteiger partial charge in [-0.15, -0.1) is 0 Å². The van der Waals surface area contributed by atoms with E-state index < -0.39 is 0 Å². The molecule has 0 N–H and O–H groups in total. The van der Waals surface area contributed by atoms with Crippen LogP contribution in [0.2, 0.25) is 0 Å². The Balaban J connectivity index is 1.57. The van der Waals surface area contributed by atoms with Crippen molar-refractivity contribution in [2.75, 3.05) is 13.2 Å². The molecule has 322 valence electrons. The Bertz CT molecular complexity index is 1290. The normalized spacial score (nSPS) is 13.3. The fourth-order valence-electron chi connectivity index (χ4n) is 8.15. The monoisotopic (exact) mass is 803 g/mol. The minimum absolute atomic E-state index is 0.119. The molecule has 3 nitrogen and oxygen atoms in total. The molecular formula is C53H86O3S. The highest BCUT2D eigenvalue weighted by molar-refractivity contribution is 8.04. The number of hydrogen-bond acceptors (Lipinski definition) is 4. The molecule has 0 saturated heterocycles. The minimum atomic E-state index is 0.119. The molecule has 0 amide bonds. The molecule has 0 aromatic heterocycles. The van der Waals surface area contributed by atoms with Gasteiger partial charge in [-0.1, -0.05) is 225 Å². The van der Waals surface area contributed by atoms with Crippen LogP contribution in [0.3, 0.4) is 0 Å². The van der Waals surface area contributed by atoms with E-state index in [1.165, 1.54) is 179 Å². The zero-order valence-corrected chi connectivity index (χ0v) is 38.4. The average Bonchev–Trinajstić information content (AvgIpc) is 3.52. The topological polar surface area (TPSA) is 35.5 Å². The SMILES string of the molecule is CCCCCCCCCCCCCCCOc1cc(C=C2Sc3ccccc3C2=O)cc(OCCCCCCCCCCCCCCC)c1CCCCCC(C)C. The number of Topliss-reactive ketones (excluding diaryl/α,β-unsaturated/α-hetero) is 1. The number of carbonyl (C=O) groups is 1. The second kappa shape index (κ2) is 32.6. The van der Waals surface area contributed by atoms with Crippen LogP contribution in [0.4, 0.5) is 0 Å². The van der Waals surface area contributed by atoms with Gasteiger partial charge in [0.05, 0.1) is 18.1 Å². The van der Waals surface area contributed by atoms with E-state index >= 15 is 0 Å². The second-order valence-corrected chi connectivity index (χ2v) is 18.7. The van der Waals surface area contributed by atoms with Crippen LogP contribution in [-0.2, 0) is 6.42 Å². The summed E-state index contributed by atoms with van der Waals surface area (Å²) < 4.78 is 13.4. The first-order chi connectivity index (χ1) is 28.0. The number of allylic oxidation sites excluding steroid dienone is 1. The Morgan fingerprint density at radius 3 is 1.40 bits per heavy atom. The maximum Gasteiger partial charge on any atom is 0.200 e. The molecule has 3 rings (SSSR count). The lowest BCUT2D eigenvalue weighted by atomic mass is 9.99. The lowest BCUT2D eigenvalue weighted by Gasteiger charge is -2.18. The summed E-state index contributed by atoms with van der Waals surface area (Å²) in [4.78, 5) is 15.2. The summed E-state index contributed by atoms with van der Waals surface area (Å²) in [5, 5.41) is 0. The van der Waals surface area contributed by atoms with Crippen molar-refractivity contribution in [1.82, 2.24) is 0 Å². The molecule has 0 fully saturated rings. The Kier molecular flexibility index (Phi) is 28.1. The van der Waals surface area contributed by atoms with Gasteiger partial charge in [0.25, 0.3) is 0 Å². The molecule has 2 aromatic rings. The number of ketones is 1. The van der Waals surface area contributed by atoms with E-state index in [2.05, 4.69) is 52.0 Å². The Labute approximate surface area is 356 Å². The fraction of sp³-hybridized carbons (Fsp3) is 0.717. The molecule has 0 saturated carbocycles. The first-order valence-corrected chi connectivity index (χ1v) is 25.3. The van der Waals surface area contributed by atoms with E-state index in [0.29, 0.717) is 0 Å². The van der Waals surface area contributed by atoms with Gasteiger partial charge in [-0.2, -0.15) is 0 Å². The van der Waals surface area contributed by atoms with Gasteiger partial charge in [0, 0.05) is 16.0 Å². The number of fused-ring (bicyclic) bond motifs is 1. The number of benzene rings is 2. The first kappa shape index (κ1) is 49.2. The number of hydrogen-bond donors (Lipinski definition) is 0. The molecule has 1 aliphatic heterocycles. The maximum absolute atomic E-state index is 13.4. The van der Waals surface area contributed by atoms with Gasteiger partial charge in [-0.25, -0.2) is 0 Å². The van der Waals surface area contributed by atoms with Crippen LogP contribution < -0.4 is 9.47 Å². The van der Waals surface area contributed by atoms with Crippen molar-refractivity contribution >= 4 is 23.6 Å². The zero-order chi connectivity index (χ0) is 40.6. The molecule has 0 aliphatic carbocycles. The Hall–Kier alpha value is -2.20. The van der Waals surface area contributed by atoms with Crippen molar-refractivity contribution in [3.63, 3.8) is 0 Å². The van der Waals surface area contributed by atoms with Crippen LogP contribution in [0, 0.1) is 5.92 Å². The second-order valence-electron chi connectivity index (χ2n) is 17.6. The van der Waals surface area contributed by atoms with E-state index in [1.807, 2.05) is 18.2 Å². The fourth-order valence-corrected chi connectivity index (χ4v) is 9.20. The molecule has 0 unspecified atom stereocenters. The third-order valence-electron chi connectivity index (χ3n) is 11.8. The van der Waals surface area contributed by atoms with Crippen molar-refractivity contribution in [1.29, 1.82) is 0 Å². The van der Waals surface area contributed by atoms with E-state index in [1.54, 1.807) is 11.8 Å². The van der Waals surface area contributed by atoms with Crippen LogP contribution in [0.5, 0.6) is 11.5 Å². The van der Waals surface area contributed by atoms with Crippen LogP contribution in [0.15, 0.2) is 46.2 Å². The lowest BCUT2D eigenvalue weighted by molar-refractivity contribution is 0.104. The van der Waals surface area contributed by atoms with Gasteiger partial charge in [0.1, 0.15) is 11.5 Å². The van der Waals surface area contributed by atoms with E-state index in [0.717, 1.165) is 77.2 Å². The minimum Gasteiger partial charge on any atom is -0.493 e. The molecule has 1 heterocycles. The highest BCUT2D eigenvalue weighted by Gasteiger charge is 2.25. The van der Waals surface area contributed by atoms with Gasteiger partial charge in [0.2, 0.25) is 5.78 Å². The van der Waals surface area contributed by atoms with Gasteiger partial charge < -0.3 is 9.47 Å². The number of unbranched alkanes of at least 4 members (excludes halogenated alkanes) is 26. The molecule has 0 atom stereocenters. The number of carbonyl (C=O) groups excluding carboxylic acids is 1. The standard InChI is InChI=1S/C53H86O3S/c1-5-7-9-11-13-15-17-19-21-23-25-27-34-40-55-49-42-46(44-52-53(54)48-38-32-33-39-51(48)57-52)43-50(47(49)37-31-29-30-36-45(3)4)56-41-35-28-26-24-22-20-18-16-14-12-10-8-6-2/h32-33,38-39,42-45H,5-31,34-37,40-41H2,1-4H3. The number of thioether (sulfide) groups is 1. The Morgan fingerprint density at radius 1 is 0.544 bits per heavy atom. The van der Waals surface area contributed by atoms with E-state index in [4.69, 9.17) is 9.47 Å². The third kappa shape index (κ3) is 22.1. The van der Waals surface area contributed by atoms with Gasteiger partial charge >= 0.3 is 0 Å². The van der Waals surface area contributed by atoms with Crippen molar-refractivity contribution in [3.8, 4) is 11.5 Å². The van der Waals surface area contributed by atoms with Crippen LogP contribution in [-0.4, -0.2) is 19.0 Å². The predicted molar refractivity (Wildman–Crippen MR) is 250 cm³/mol. The third-order valence-corrected chi connectivity index (χ3v) is 12.9. The van der Waals surface area contributed by atoms with Crippen molar-refractivity contribution in [3.05, 3.63) is 58.0 Å². The molecule has 0 radical (unpaired) electrons. The van der Waals surface area contributed by atoms with Gasteiger partial charge in [0.15, 0.2) is 0 Å². The highest BCUT2D eigenvalue weighted by Crippen LogP contribution is 2.42. The van der Waals surface area contributed by atoms with Crippen LogP contribution in [0.25, 0.3) is 6.08 Å². The summed E-state index contributed by atoms with van der Waals surface area (Å²) >= 11 is 1.58. The van der Waals surface area contributed by atoms with Crippen molar-refractivity contribution in [2.45, 2.75) is 232 Å². The van der Waals surface area contributed by atoms with Crippen LogP contribution >= 0.6 is 11.8 Å². The van der Waals surface area contributed by atoms with Gasteiger partial charge in [-0.3, -0.25) is 4.79 Å². The summed E-state index contributed by atoms with van der Waals surface area (Å²) in [5.74, 6) is 2.78. The summed E-state index contributed by atoms with van der Waals surface area (Å²) in [6.45, 7) is 10.7. The molecule has 4 heteroatoms. The molecule has 2 aromatic carbocycles. The van der Waals surface area contributed by atoms with E-state index in [9.17, 15) is 4.79 Å². The van der Waals surface area contributed by atoms with Crippen LogP contribution in [0.1, 0.15) is 242 Å². The average molecular weight is 803 g/mol. The predicted octanol–water partition coefficient (Wildman–Crippen LogP) is 17.7. The Morgan fingerprint density at radius 2 is 0.965 bits per heavy atom. The van der Waals surface area contributed by atoms with Crippen molar-refractivity contribution < 1.29 is 14.3 Å². The molecule has 0 spiro atoms. The molecule has 1 aliphatic rings.